The molecule has 0 bridgehead atoms. The summed E-state index contributed by atoms with van der Waals surface area (Å²) in [7, 11) is 1.63. The quantitative estimate of drug-likeness (QED) is 0.548. The molecule has 1 heterocycles. The number of phenolic OH excluding ortho intramolecular Hbond substituents is 1. The number of aliphatic imine (C=N–C) groups is 1. The van der Waals surface area contributed by atoms with Crippen molar-refractivity contribution in [1.82, 2.24) is 0 Å². The van der Waals surface area contributed by atoms with Gasteiger partial charge in [0.2, 0.25) is 5.90 Å². The lowest BCUT2D eigenvalue weighted by Crippen LogP contribution is -2.12. The molecule has 27 heavy (non-hydrogen) atoms. The van der Waals surface area contributed by atoms with Crippen LogP contribution in [0.1, 0.15) is 12.5 Å². The number of carboxylic acids is 1. The van der Waals surface area contributed by atoms with Gasteiger partial charge in [0.15, 0.2) is 11.5 Å². The van der Waals surface area contributed by atoms with E-state index in [0.717, 1.165) is 6.92 Å². The Hall–Kier alpha value is -2.36. The number of methoxy groups -OCH3 is 1. The summed E-state index contributed by atoms with van der Waals surface area (Å²) in [6, 6.07) is 5.24. The molecule has 0 aromatic heterocycles. The number of hydrogen-bond donors (Lipinski definition) is 2. The Morgan fingerprint density at radius 3 is 2.37 bits per heavy atom. The van der Waals surface area contributed by atoms with Crippen LogP contribution in [-0.2, 0) is 23.7 Å². The summed E-state index contributed by atoms with van der Waals surface area (Å²) in [4.78, 5) is 13.2. The average Bonchev–Trinajstić information content (AvgIpc) is 3.15. The second-order valence-electron chi connectivity index (χ2n) is 5.27. The van der Waals surface area contributed by atoms with Crippen molar-refractivity contribution in [2.45, 2.75) is 6.92 Å². The molecule has 9 heteroatoms. The number of carboxylic acid groups (broad SMARTS) is 1. The topological polar surface area (TPSA) is 116 Å². The summed E-state index contributed by atoms with van der Waals surface area (Å²) >= 11 is 0. The van der Waals surface area contributed by atoms with Crippen LogP contribution < -0.4 is 4.74 Å². The number of para-hydroxylation sites is 1. The number of rotatable bonds is 11. The molecule has 0 spiro atoms. The highest BCUT2D eigenvalue weighted by Crippen LogP contribution is 2.31. The van der Waals surface area contributed by atoms with Gasteiger partial charge >= 0.3 is 0 Å². The van der Waals surface area contributed by atoms with E-state index in [0.29, 0.717) is 70.0 Å². The third-order valence-corrected chi connectivity index (χ3v) is 3.10. The summed E-state index contributed by atoms with van der Waals surface area (Å²) in [5, 5.41) is 17.6. The van der Waals surface area contributed by atoms with E-state index in [1.165, 1.54) is 0 Å². The van der Waals surface area contributed by atoms with E-state index < -0.39 is 5.97 Å². The number of aliphatic carboxylic acids is 1. The van der Waals surface area contributed by atoms with Crippen molar-refractivity contribution in [1.29, 1.82) is 0 Å². The van der Waals surface area contributed by atoms with E-state index in [-0.39, 0.29) is 5.75 Å². The molecule has 1 aromatic carbocycles. The lowest BCUT2D eigenvalue weighted by atomic mass is 10.2. The minimum atomic E-state index is -0.833. The fourth-order valence-corrected chi connectivity index (χ4v) is 1.98. The van der Waals surface area contributed by atoms with Crippen molar-refractivity contribution in [3.05, 3.63) is 23.8 Å². The van der Waals surface area contributed by atoms with Crippen molar-refractivity contribution in [3.63, 3.8) is 0 Å². The highest BCUT2D eigenvalue weighted by molar-refractivity contribution is 5.98. The molecule has 2 N–H and O–H groups in total. The molecule has 1 aromatic rings. The zero-order chi connectivity index (χ0) is 19.9. The molecule has 2 rings (SSSR count). The van der Waals surface area contributed by atoms with Crippen LogP contribution in [-0.4, -0.2) is 82.0 Å². The standard InChI is InChI=1S/C16H23NO6.C2H4O2/c1-19-7-8-20-9-10-21-11-12-22-14-4-2-3-13(15(14)18)16-17-5-6-23-16;1-2(3)4/h2-4,18H,5-12H2,1H3;1H3,(H,3,4). The van der Waals surface area contributed by atoms with E-state index in [1.54, 1.807) is 25.3 Å². The number of ether oxygens (including phenoxy) is 5. The minimum Gasteiger partial charge on any atom is -0.504 e. The molecule has 0 aliphatic carbocycles. The maximum atomic E-state index is 10.2. The zero-order valence-electron chi connectivity index (χ0n) is 15.7. The van der Waals surface area contributed by atoms with Crippen molar-refractivity contribution in [2.75, 3.05) is 59.9 Å². The number of benzene rings is 1. The maximum absolute atomic E-state index is 10.2. The first-order chi connectivity index (χ1) is 13.1. The molecule has 152 valence electrons. The molecule has 9 nitrogen and oxygen atoms in total. The Morgan fingerprint density at radius 2 is 1.78 bits per heavy atom. The van der Waals surface area contributed by atoms with E-state index >= 15 is 0 Å². The maximum Gasteiger partial charge on any atom is 0.300 e. The van der Waals surface area contributed by atoms with Crippen LogP contribution >= 0.6 is 0 Å². The Kier molecular flexibility index (Phi) is 11.6. The summed E-state index contributed by atoms with van der Waals surface area (Å²) in [5.41, 5.74) is 0.549. The summed E-state index contributed by atoms with van der Waals surface area (Å²) < 4.78 is 26.4. The van der Waals surface area contributed by atoms with Crippen molar-refractivity contribution in [3.8, 4) is 11.5 Å². The molecule has 0 fully saturated rings. The molecule has 1 aliphatic rings. The van der Waals surface area contributed by atoms with Crippen molar-refractivity contribution < 1.29 is 38.7 Å². The van der Waals surface area contributed by atoms with Gasteiger partial charge in [0.25, 0.3) is 5.97 Å². The first-order valence-electron chi connectivity index (χ1n) is 8.52. The van der Waals surface area contributed by atoms with Crippen LogP contribution in [0, 0.1) is 0 Å². The van der Waals surface area contributed by atoms with Gasteiger partial charge in [-0.1, -0.05) is 6.07 Å². The predicted octanol–water partition coefficient (Wildman–Crippen LogP) is 1.32. The third kappa shape index (κ3) is 9.78. The van der Waals surface area contributed by atoms with Gasteiger partial charge in [-0.15, -0.1) is 0 Å². The number of hydrogen-bond acceptors (Lipinski definition) is 8. The molecule has 0 atom stereocenters. The molecule has 0 saturated carbocycles. The predicted molar refractivity (Wildman–Crippen MR) is 97.8 cm³/mol. The number of nitrogens with zero attached hydrogens (tertiary/aromatic N) is 1. The minimum absolute atomic E-state index is 0.0380. The lowest BCUT2D eigenvalue weighted by molar-refractivity contribution is -0.134. The van der Waals surface area contributed by atoms with Crippen LogP contribution in [0.4, 0.5) is 0 Å². The molecule has 1 aliphatic heterocycles. The van der Waals surface area contributed by atoms with Gasteiger partial charge in [0.1, 0.15) is 13.2 Å². The molecule has 0 amide bonds. The molecule has 0 unspecified atom stereocenters. The number of carbonyl (C=O) groups is 1. The van der Waals surface area contributed by atoms with Crippen LogP contribution in [0.25, 0.3) is 0 Å². The third-order valence-electron chi connectivity index (χ3n) is 3.10. The van der Waals surface area contributed by atoms with Crippen LogP contribution in [0.3, 0.4) is 0 Å². The second kappa shape index (κ2) is 13.8. The highest BCUT2D eigenvalue weighted by Gasteiger charge is 2.17. The lowest BCUT2D eigenvalue weighted by Gasteiger charge is -2.11. The van der Waals surface area contributed by atoms with Crippen LogP contribution in [0.2, 0.25) is 0 Å². The van der Waals surface area contributed by atoms with Gasteiger partial charge in [-0.05, 0) is 12.1 Å². The first kappa shape index (κ1) is 22.7. The van der Waals surface area contributed by atoms with Crippen molar-refractivity contribution >= 4 is 11.9 Å². The van der Waals surface area contributed by atoms with Crippen LogP contribution in [0.15, 0.2) is 23.2 Å². The van der Waals surface area contributed by atoms with Gasteiger partial charge in [0, 0.05) is 14.0 Å². The molecular formula is C18H27NO8. The van der Waals surface area contributed by atoms with E-state index in [4.69, 9.17) is 33.6 Å². The van der Waals surface area contributed by atoms with Crippen molar-refractivity contribution in [2.24, 2.45) is 4.99 Å². The summed E-state index contributed by atoms with van der Waals surface area (Å²) in [6.45, 7) is 5.12. The SMILES string of the molecule is CC(=O)O.COCCOCCOCCOc1cccc(C2=NCCO2)c1O. The Bertz CT molecular complexity index is 587. The monoisotopic (exact) mass is 385 g/mol. The van der Waals surface area contributed by atoms with E-state index in [9.17, 15) is 5.11 Å². The van der Waals surface area contributed by atoms with Gasteiger partial charge < -0.3 is 33.9 Å². The second-order valence-corrected chi connectivity index (χ2v) is 5.27. The first-order valence-corrected chi connectivity index (χ1v) is 8.52. The van der Waals surface area contributed by atoms with Gasteiger partial charge in [0.05, 0.1) is 45.1 Å². The number of phenols is 1. The summed E-state index contributed by atoms with van der Waals surface area (Å²) in [6.07, 6.45) is 0. The average molecular weight is 385 g/mol. The highest BCUT2D eigenvalue weighted by atomic mass is 16.6. The summed E-state index contributed by atoms with van der Waals surface area (Å²) in [5.74, 6) is 0.0501. The van der Waals surface area contributed by atoms with E-state index in [2.05, 4.69) is 4.99 Å². The zero-order valence-corrected chi connectivity index (χ0v) is 15.7. The van der Waals surface area contributed by atoms with Crippen LogP contribution in [0.5, 0.6) is 11.5 Å². The Balaban J connectivity index is 0.000000828. The fraction of sp³-hybridized carbons (Fsp3) is 0.556. The molecule has 0 radical (unpaired) electrons. The van der Waals surface area contributed by atoms with E-state index in [1.807, 2.05) is 0 Å². The normalized spacial score (nSPS) is 12.6. The van der Waals surface area contributed by atoms with Gasteiger partial charge in [-0.25, -0.2) is 4.99 Å². The Morgan fingerprint density at radius 1 is 1.15 bits per heavy atom. The largest absolute Gasteiger partial charge is 0.504 e. The fourth-order valence-electron chi connectivity index (χ4n) is 1.98. The van der Waals surface area contributed by atoms with Gasteiger partial charge in [-0.3, -0.25) is 4.79 Å². The number of aromatic hydroxyl groups is 1. The Labute approximate surface area is 158 Å². The smallest absolute Gasteiger partial charge is 0.300 e. The molecular weight excluding hydrogens is 358 g/mol. The molecule has 0 saturated heterocycles. The van der Waals surface area contributed by atoms with Gasteiger partial charge in [-0.2, -0.15) is 0 Å².